The Bertz CT molecular complexity index is 286. The van der Waals surface area contributed by atoms with Crippen molar-refractivity contribution >= 4 is 0 Å². The van der Waals surface area contributed by atoms with Crippen LogP contribution < -0.4 is 5.32 Å². The lowest BCUT2D eigenvalue weighted by atomic mass is 9.83. The highest BCUT2D eigenvalue weighted by atomic mass is 16.3. The van der Waals surface area contributed by atoms with Gasteiger partial charge in [0.1, 0.15) is 0 Å². The minimum Gasteiger partial charge on any atom is -0.389 e. The van der Waals surface area contributed by atoms with Gasteiger partial charge in [0, 0.05) is 11.6 Å². The van der Waals surface area contributed by atoms with Crippen molar-refractivity contribution < 1.29 is 5.11 Å². The van der Waals surface area contributed by atoms with Gasteiger partial charge in [-0.25, -0.2) is 0 Å². The van der Waals surface area contributed by atoms with Crippen LogP contribution in [0, 0.1) is 17.2 Å². The van der Waals surface area contributed by atoms with Crippen molar-refractivity contribution in [1.82, 2.24) is 5.32 Å². The van der Waals surface area contributed by atoms with Gasteiger partial charge in [-0.3, -0.25) is 0 Å². The summed E-state index contributed by atoms with van der Waals surface area (Å²) in [5.74, 6) is 0.0825. The number of aliphatic hydroxyl groups is 1. The van der Waals surface area contributed by atoms with Crippen LogP contribution in [-0.2, 0) is 0 Å². The second-order valence-electron chi connectivity index (χ2n) is 6.31. The lowest BCUT2D eigenvalue weighted by Gasteiger charge is -2.42. The average molecular weight is 238 g/mol. The Morgan fingerprint density at radius 1 is 1.12 bits per heavy atom. The van der Waals surface area contributed by atoms with E-state index in [1.807, 2.05) is 27.7 Å². The second-order valence-corrected chi connectivity index (χ2v) is 6.31. The highest BCUT2D eigenvalue weighted by Gasteiger charge is 2.38. The number of hydrogen-bond acceptors (Lipinski definition) is 3. The fourth-order valence-corrected chi connectivity index (χ4v) is 2.28. The van der Waals surface area contributed by atoms with E-state index in [9.17, 15) is 10.4 Å². The summed E-state index contributed by atoms with van der Waals surface area (Å²) >= 11 is 0. The highest BCUT2D eigenvalue weighted by Crippen LogP contribution is 2.28. The van der Waals surface area contributed by atoms with E-state index in [-0.39, 0.29) is 17.5 Å². The van der Waals surface area contributed by atoms with Gasteiger partial charge in [-0.05, 0) is 40.5 Å². The topological polar surface area (TPSA) is 56.0 Å². The Balaban J connectivity index is 2.74. The third kappa shape index (κ3) is 3.69. The van der Waals surface area contributed by atoms with Crippen LogP contribution in [0.25, 0.3) is 0 Å². The number of nitrogens with one attached hydrogen (secondary N) is 1. The van der Waals surface area contributed by atoms with Crippen LogP contribution in [0.2, 0.25) is 0 Å². The van der Waals surface area contributed by atoms with E-state index in [2.05, 4.69) is 11.4 Å². The fraction of sp³-hybridized carbons (Fsp3) is 0.929. The molecule has 0 aromatic rings. The maximum absolute atomic E-state index is 10.2. The van der Waals surface area contributed by atoms with E-state index in [0.29, 0.717) is 0 Å². The lowest BCUT2D eigenvalue weighted by molar-refractivity contribution is -0.0127. The second kappa shape index (κ2) is 5.37. The number of hydrogen-bond donors (Lipinski definition) is 2. The van der Waals surface area contributed by atoms with Gasteiger partial charge < -0.3 is 10.4 Å². The van der Waals surface area contributed by atoms with Crippen molar-refractivity contribution in [1.29, 1.82) is 5.26 Å². The van der Waals surface area contributed by atoms with Gasteiger partial charge in [-0.15, -0.1) is 0 Å². The van der Waals surface area contributed by atoms with Crippen molar-refractivity contribution in [2.24, 2.45) is 5.92 Å². The molecule has 1 rings (SSSR count). The van der Waals surface area contributed by atoms with E-state index in [0.717, 1.165) is 19.3 Å². The van der Waals surface area contributed by atoms with E-state index in [1.54, 1.807) is 0 Å². The van der Waals surface area contributed by atoms with Crippen LogP contribution in [0.4, 0.5) is 0 Å². The quantitative estimate of drug-likeness (QED) is 0.743. The first-order valence-electron chi connectivity index (χ1n) is 6.67. The van der Waals surface area contributed by atoms with E-state index in [1.165, 1.54) is 12.8 Å². The summed E-state index contributed by atoms with van der Waals surface area (Å²) < 4.78 is 0. The molecule has 0 heterocycles. The molecular weight excluding hydrogens is 212 g/mol. The van der Waals surface area contributed by atoms with Crippen molar-refractivity contribution in [3.63, 3.8) is 0 Å². The van der Waals surface area contributed by atoms with Gasteiger partial charge in [-0.2, -0.15) is 5.26 Å². The van der Waals surface area contributed by atoms with Crippen molar-refractivity contribution in [2.45, 2.75) is 77.0 Å². The molecule has 1 aliphatic carbocycles. The Hall–Kier alpha value is -0.590. The molecule has 0 saturated heterocycles. The zero-order valence-corrected chi connectivity index (χ0v) is 11.6. The molecule has 0 bridgehead atoms. The van der Waals surface area contributed by atoms with Gasteiger partial charge in [0.05, 0.1) is 17.6 Å². The Morgan fingerprint density at radius 3 is 2.24 bits per heavy atom. The molecule has 3 nitrogen and oxygen atoms in total. The SMILES string of the molecule is CC(C)(O)C(C)(C)NC1CCCCCC1C#N. The van der Waals surface area contributed by atoms with E-state index in [4.69, 9.17) is 0 Å². The van der Waals surface area contributed by atoms with Crippen molar-refractivity contribution in [3.8, 4) is 6.07 Å². The Labute approximate surface area is 105 Å². The molecule has 0 spiro atoms. The van der Waals surface area contributed by atoms with Crippen LogP contribution >= 0.6 is 0 Å². The van der Waals surface area contributed by atoms with Crippen LogP contribution in [0.3, 0.4) is 0 Å². The molecule has 1 fully saturated rings. The summed E-state index contributed by atoms with van der Waals surface area (Å²) in [7, 11) is 0. The fourth-order valence-electron chi connectivity index (χ4n) is 2.28. The number of nitriles is 1. The average Bonchev–Trinajstić information content (AvgIpc) is 2.40. The van der Waals surface area contributed by atoms with Gasteiger partial charge in [0.15, 0.2) is 0 Å². The monoisotopic (exact) mass is 238 g/mol. The summed E-state index contributed by atoms with van der Waals surface area (Å²) in [5, 5.41) is 22.9. The Kier molecular flexibility index (Phi) is 4.57. The summed E-state index contributed by atoms with van der Waals surface area (Å²) in [6.45, 7) is 7.65. The Morgan fingerprint density at radius 2 is 1.71 bits per heavy atom. The molecule has 2 N–H and O–H groups in total. The van der Waals surface area contributed by atoms with Gasteiger partial charge >= 0.3 is 0 Å². The van der Waals surface area contributed by atoms with Crippen LogP contribution in [0.15, 0.2) is 0 Å². The maximum Gasteiger partial charge on any atom is 0.0767 e. The van der Waals surface area contributed by atoms with Gasteiger partial charge in [0.2, 0.25) is 0 Å². The molecule has 2 unspecified atom stereocenters. The standard InChI is InChI=1S/C14H26N2O/c1-13(2,14(3,4)17)16-12-9-7-5-6-8-11(12)10-15/h11-12,16-17H,5-9H2,1-4H3. The zero-order valence-electron chi connectivity index (χ0n) is 11.6. The molecule has 98 valence electrons. The molecular formula is C14H26N2O. The van der Waals surface area contributed by atoms with E-state index < -0.39 is 5.60 Å². The summed E-state index contributed by atoms with van der Waals surface area (Å²) in [6, 6.07) is 2.64. The molecule has 1 aliphatic rings. The molecule has 0 amide bonds. The van der Waals surface area contributed by atoms with Crippen molar-refractivity contribution in [3.05, 3.63) is 0 Å². The molecule has 3 heteroatoms. The minimum atomic E-state index is -0.792. The first-order chi connectivity index (χ1) is 7.78. The molecule has 0 radical (unpaired) electrons. The predicted molar refractivity (Wildman–Crippen MR) is 69.5 cm³/mol. The third-order valence-corrected chi connectivity index (χ3v) is 4.26. The lowest BCUT2D eigenvalue weighted by Crippen LogP contribution is -2.60. The number of rotatable bonds is 3. The zero-order chi connectivity index (χ0) is 13.1. The normalized spacial score (nSPS) is 27.3. The van der Waals surface area contributed by atoms with Crippen LogP contribution in [0.5, 0.6) is 0 Å². The predicted octanol–water partition coefficient (Wildman–Crippen LogP) is 2.60. The largest absolute Gasteiger partial charge is 0.389 e. The first kappa shape index (κ1) is 14.5. The van der Waals surface area contributed by atoms with Crippen LogP contribution in [-0.4, -0.2) is 22.3 Å². The molecule has 1 saturated carbocycles. The smallest absolute Gasteiger partial charge is 0.0767 e. The molecule has 2 atom stereocenters. The maximum atomic E-state index is 10.2. The third-order valence-electron chi connectivity index (χ3n) is 4.26. The molecule has 0 aromatic heterocycles. The number of nitrogens with zero attached hydrogens (tertiary/aromatic N) is 1. The summed E-state index contributed by atoms with van der Waals surface area (Å²) in [5.41, 5.74) is -1.17. The van der Waals surface area contributed by atoms with Gasteiger partial charge in [-0.1, -0.05) is 19.3 Å². The van der Waals surface area contributed by atoms with E-state index >= 15 is 0 Å². The van der Waals surface area contributed by atoms with Crippen LogP contribution in [0.1, 0.15) is 59.8 Å². The van der Waals surface area contributed by atoms with Gasteiger partial charge in [0.25, 0.3) is 0 Å². The highest BCUT2D eigenvalue weighted by molar-refractivity contribution is 5.01. The molecule has 17 heavy (non-hydrogen) atoms. The van der Waals surface area contributed by atoms with Crippen molar-refractivity contribution in [2.75, 3.05) is 0 Å². The first-order valence-corrected chi connectivity index (χ1v) is 6.67. The minimum absolute atomic E-state index is 0.0825. The summed E-state index contributed by atoms with van der Waals surface area (Å²) in [4.78, 5) is 0. The molecule has 0 aliphatic heterocycles. The summed E-state index contributed by atoms with van der Waals surface area (Å²) in [6.07, 6.45) is 5.57. The molecule has 0 aromatic carbocycles.